The van der Waals surface area contributed by atoms with Crippen molar-refractivity contribution in [1.29, 1.82) is 0 Å². The Bertz CT molecular complexity index is 641. The number of halogens is 1. The van der Waals surface area contributed by atoms with Crippen LogP contribution in [0.2, 0.25) is 5.02 Å². The van der Waals surface area contributed by atoms with Crippen LogP contribution in [-0.4, -0.2) is 33.2 Å². The molecule has 0 radical (unpaired) electrons. The van der Waals surface area contributed by atoms with Gasteiger partial charge < -0.3 is 4.74 Å². The Balaban J connectivity index is 2.10. The molecule has 0 spiro atoms. The van der Waals surface area contributed by atoms with Gasteiger partial charge in [0.2, 0.25) is 0 Å². The van der Waals surface area contributed by atoms with Gasteiger partial charge in [0.05, 0.1) is 18.7 Å². The summed E-state index contributed by atoms with van der Waals surface area (Å²) in [6.07, 6.45) is 1.62. The van der Waals surface area contributed by atoms with Crippen molar-refractivity contribution in [2.75, 3.05) is 12.4 Å². The number of nitrogens with zero attached hydrogens (tertiary/aromatic N) is 4. The highest BCUT2D eigenvalue weighted by Gasteiger charge is 2.12. The van der Waals surface area contributed by atoms with Crippen LogP contribution in [0, 0.1) is 0 Å². The van der Waals surface area contributed by atoms with Crippen LogP contribution in [0.4, 0.5) is 5.95 Å². The van der Waals surface area contributed by atoms with Crippen LogP contribution in [0.25, 0.3) is 0 Å². The first kappa shape index (κ1) is 14.0. The molecule has 0 saturated heterocycles. The minimum atomic E-state index is -0.382. The summed E-state index contributed by atoms with van der Waals surface area (Å²) in [6, 6.07) is 4.71. The fourth-order valence-electron chi connectivity index (χ4n) is 1.47. The van der Waals surface area contributed by atoms with Crippen LogP contribution >= 0.6 is 11.6 Å². The summed E-state index contributed by atoms with van der Waals surface area (Å²) < 4.78 is 5.02. The van der Waals surface area contributed by atoms with Gasteiger partial charge in [-0.25, -0.2) is 0 Å². The lowest BCUT2D eigenvalue weighted by molar-refractivity contribution is 0.102. The van der Waals surface area contributed by atoms with Gasteiger partial charge in [0, 0.05) is 5.56 Å². The molecule has 0 aliphatic carbocycles. The summed E-state index contributed by atoms with van der Waals surface area (Å²) in [5, 5.41) is 14.3. The van der Waals surface area contributed by atoms with Crippen LogP contribution in [0.15, 0.2) is 30.9 Å². The maximum absolute atomic E-state index is 12.0. The summed E-state index contributed by atoms with van der Waals surface area (Å²) in [4.78, 5) is 13.3. The second-order valence-electron chi connectivity index (χ2n) is 3.76. The number of aromatic nitrogens is 4. The number of ether oxygens (including phenoxy) is 1. The number of benzene rings is 1. The van der Waals surface area contributed by atoms with Crippen molar-refractivity contribution in [3.05, 3.63) is 41.4 Å². The molecule has 1 heterocycles. The summed E-state index contributed by atoms with van der Waals surface area (Å²) >= 11 is 5.96. The monoisotopic (exact) mass is 293 g/mol. The molecule has 1 aromatic heterocycles. The second-order valence-corrected chi connectivity index (χ2v) is 4.17. The summed E-state index contributed by atoms with van der Waals surface area (Å²) in [5.74, 6) is 0.231. The van der Waals surface area contributed by atoms with E-state index in [0.29, 0.717) is 22.9 Å². The quantitative estimate of drug-likeness (QED) is 0.850. The van der Waals surface area contributed by atoms with Crippen molar-refractivity contribution in [3.63, 3.8) is 0 Å². The molecular formula is C12H12ClN5O2. The number of amides is 1. The molecule has 1 aromatic carbocycles. The summed E-state index contributed by atoms with van der Waals surface area (Å²) in [7, 11) is 1.50. The molecule has 104 valence electrons. The van der Waals surface area contributed by atoms with Gasteiger partial charge in [-0.05, 0) is 23.4 Å². The number of nitrogens with one attached hydrogen (secondary N) is 1. The number of rotatable bonds is 5. The second kappa shape index (κ2) is 6.16. The van der Waals surface area contributed by atoms with Crippen molar-refractivity contribution in [3.8, 4) is 5.75 Å². The van der Waals surface area contributed by atoms with Crippen LogP contribution < -0.4 is 10.1 Å². The van der Waals surface area contributed by atoms with Crippen molar-refractivity contribution in [1.82, 2.24) is 20.2 Å². The van der Waals surface area contributed by atoms with Crippen molar-refractivity contribution in [2.45, 2.75) is 6.54 Å². The molecule has 0 fully saturated rings. The van der Waals surface area contributed by atoms with E-state index in [0.717, 1.165) is 0 Å². The van der Waals surface area contributed by atoms with Gasteiger partial charge in [0.1, 0.15) is 5.75 Å². The van der Waals surface area contributed by atoms with E-state index in [1.54, 1.807) is 18.2 Å². The molecule has 8 heteroatoms. The molecule has 2 rings (SSSR count). The molecule has 1 amide bonds. The Morgan fingerprint density at radius 1 is 1.60 bits per heavy atom. The van der Waals surface area contributed by atoms with E-state index in [4.69, 9.17) is 16.3 Å². The number of hydrogen-bond acceptors (Lipinski definition) is 5. The van der Waals surface area contributed by atoms with E-state index in [9.17, 15) is 4.79 Å². The van der Waals surface area contributed by atoms with E-state index >= 15 is 0 Å². The highest BCUT2D eigenvalue weighted by Crippen LogP contribution is 2.25. The van der Waals surface area contributed by atoms with Gasteiger partial charge in [0.25, 0.3) is 11.9 Å². The minimum absolute atomic E-state index is 0.115. The topological polar surface area (TPSA) is 81.9 Å². The largest absolute Gasteiger partial charge is 0.495 e. The fourth-order valence-corrected chi connectivity index (χ4v) is 1.73. The Labute approximate surface area is 120 Å². The van der Waals surface area contributed by atoms with E-state index in [2.05, 4.69) is 27.3 Å². The Morgan fingerprint density at radius 2 is 2.40 bits per heavy atom. The van der Waals surface area contributed by atoms with E-state index < -0.39 is 0 Å². The zero-order chi connectivity index (χ0) is 14.5. The number of hydrogen-bond donors (Lipinski definition) is 1. The first-order valence-corrected chi connectivity index (χ1v) is 6.05. The van der Waals surface area contributed by atoms with E-state index in [1.165, 1.54) is 18.0 Å². The predicted octanol–water partition coefficient (Wildman–Crippen LogP) is 1.77. The van der Waals surface area contributed by atoms with Crippen molar-refractivity contribution in [2.24, 2.45) is 0 Å². The first-order valence-electron chi connectivity index (χ1n) is 5.67. The lowest BCUT2D eigenvalue weighted by Crippen LogP contribution is -2.13. The van der Waals surface area contributed by atoms with Gasteiger partial charge in [-0.1, -0.05) is 22.8 Å². The third kappa shape index (κ3) is 3.12. The number of allylic oxidation sites excluding steroid dienone is 1. The summed E-state index contributed by atoms with van der Waals surface area (Å²) in [6.45, 7) is 3.97. The van der Waals surface area contributed by atoms with Crippen LogP contribution in [-0.2, 0) is 6.54 Å². The van der Waals surface area contributed by atoms with Gasteiger partial charge >= 0.3 is 0 Å². The smallest absolute Gasteiger partial charge is 0.270 e. The van der Waals surface area contributed by atoms with Gasteiger partial charge in [-0.3, -0.25) is 10.1 Å². The normalized spacial score (nSPS) is 10.1. The molecule has 2 aromatic rings. The standard InChI is InChI=1S/C12H12ClN5O2/c1-3-6-18-16-12(15-17-18)14-11(19)8-4-5-10(20-2)9(13)7-8/h3-5,7H,1,6H2,2H3,(H,14,16,19). The number of carbonyl (C=O) groups excluding carboxylic acids is 1. The zero-order valence-corrected chi connectivity index (χ0v) is 11.5. The molecule has 0 aliphatic heterocycles. The maximum Gasteiger partial charge on any atom is 0.270 e. The Morgan fingerprint density at radius 3 is 3.05 bits per heavy atom. The van der Waals surface area contributed by atoms with Crippen LogP contribution in [0.5, 0.6) is 5.75 Å². The molecule has 0 bridgehead atoms. The molecule has 7 nitrogen and oxygen atoms in total. The zero-order valence-electron chi connectivity index (χ0n) is 10.7. The maximum atomic E-state index is 12.0. The lowest BCUT2D eigenvalue weighted by atomic mass is 10.2. The molecular weight excluding hydrogens is 282 g/mol. The lowest BCUT2D eigenvalue weighted by Gasteiger charge is -2.05. The average Bonchev–Trinajstić information content (AvgIpc) is 2.86. The fraction of sp³-hybridized carbons (Fsp3) is 0.167. The van der Waals surface area contributed by atoms with Crippen LogP contribution in [0.3, 0.4) is 0 Å². The highest BCUT2D eigenvalue weighted by molar-refractivity contribution is 6.32. The van der Waals surface area contributed by atoms with Gasteiger partial charge in [0.15, 0.2) is 0 Å². The first-order chi connectivity index (χ1) is 9.63. The molecule has 0 unspecified atom stereocenters. The molecule has 0 aliphatic rings. The Hall–Kier alpha value is -2.41. The third-order valence-electron chi connectivity index (χ3n) is 2.38. The minimum Gasteiger partial charge on any atom is -0.495 e. The predicted molar refractivity (Wildman–Crippen MR) is 74.0 cm³/mol. The number of tetrazole rings is 1. The third-order valence-corrected chi connectivity index (χ3v) is 2.68. The Kier molecular flexibility index (Phi) is 4.31. The van der Waals surface area contributed by atoms with Crippen molar-refractivity contribution < 1.29 is 9.53 Å². The van der Waals surface area contributed by atoms with Gasteiger partial charge in [-0.15, -0.1) is 11.7 Å². The summed E-state index contributed by atoms with van der Waals surface area (Å²) in [5.41, 5.74) is 0.371. The number of carbonyl (C=O) groups is 1. The van der Waals surface area contributed by atoms with Crippen molar-refractivity contribution >= 4 is 23.5 Å². The SMILES string of the molecule is C=CCn1nnc(NC(=O)c2ccc(OC)c(Cl)c2)n1. The van der Waals surface area contributed by atoms with E-state index in [-0.39, 0.29) is 11.9 Å². The van der Waals surface area contributed by atoms with Crippen LogP contribution in [0.1, 0.15) is 10.4 Å². The number of anilines is 1. The van der Waals surface area contributed by atoms with E-state index in [1.807, 2.05) is 0 Å². The molecule has 20 heavy (non-hydrogen) atoms. The van der Waals surface area contributed by atoms with Gasteiger partial charge in [-0.2, -0.15) is 4.80 Å². The molecule has 1 N–H and O–H groups in total. The average molecular weight is 294 g/mol. The molecule has 0 atom stereocenters. The number of methoxy groups -OCH3 is 1. The highest BCUT2D eigenvalue weighted by atomic mass is 35.5. The molecule has 0 saturated carbocycles.